The molecule has 0 spiro atoms. The van der Waals surface area contributed by atoms with Crippen LogP contribution in [0.15, 0.2) is 18.2 Å². The van der Waals surface area contributed by atoms with Gasteiger partial charge < -0.3 is 9.64 Å². The molecule has 30 heavy (non-hydrogen) atoms. The van der Waals surface area contributed by atoms with Crippen molar-refractivity contribution < 1.29 is 14.3 Å². The highest BCUT2D eigenvalue weighted by Crippen LogP contribution is 2.28. The molecule has 8 heteroatoms. The molecule has 1 aromatic heterocycles. The van der Waals surface area contributed by atoms with E-state index >= 15 is 0 Å². The van der Waals surface area contributed by atoms with Crippen LogP contribution >= 0.6 is 23.2 Å². The van der Waals surface area contributed by atoms with E-state index in [4.69, 9.17) is 33.0 Å². The molecule has 2 aromatic rings. The summed E-state index contributed by atoms with van der Waals surface area (Å²) in [6.45, 7) is 7.12. The third-order valence-corrected chi connectivity index (χ3v) is 6.15. The first-order chi connectivity index (χ1) is 14.4. The lowest BCUT2D eigenvalue weighted by molar-refractivity contribution is -0.149. The molecule has 1 saturated heterocycles. The van der Waals surface area contributed by atoms with E-state index in [9.17, 15) is 9.59 Å². The molecule has 0 radical (unpaired) electrons. The average molecular weight is 452 g/mol. The summed E-state index contributed by atoms with van der Waals surface area (Å²) in [4.78, 5) is 27.5. The van der Waals surface area contributed by atoms with Crippen LogP contribution in [0.5, 0.6) is 0 Å². The molecule has 1 atom stereocenters. The van der Waals surface area contributed by atoms with Crippen molar-refractivity contribution in [2.75, 3.05) is 19.7 Å². The molecule has 1 aromatic carbocycles. The topological polar surface area (TPSA) is 64.4 Å². The number of esters is 1. The third kappa shape index (κ3) is 4.49. The summed E-state index contributed by atoms with van der Waals surface area (Å²) >= 11 is 12.3. The Bertz CT molecular complexity index is 942. The summed E-state index contributed by atoms with van der Waals surface area (Å²) in [6.07, 6.45) is 2.77. The van der Waals surface area contributed by atoms with E-state index in [-0.39, 0.29) is 17.8 Å². The van der Waals surface area contributed by atoms with E-state index in [1.54, 1.807) is 28.6 Å². The number of halogens is 2. The van der Waals surface area contributed by atoms with Crippen LogP contribution in [0, 0.1) is 5.92 Å². The lowest BCUT2D eigenvalue weighted by Gasteiger charge is -2.31. The van der Waals surface area contributed by atoms with E-state index in [2.05, 4.69) is 0 Å². The van der Waals surface area contributed by atoms with E-state index in [1.165, 1.54) is 0 Å². The van der Waals surface area contributed by atoms with Gasteiger partial charge in [-0.05, 0) is 50.8 Å². The van der Waals surface area contributed by atoms with Crippen molar-refractivity contribution in [1.82, 2.24) is 14.7 Å². The van der Waals surface area contributed by atoms with Crippen molar-refractivity contribution in [2.24, 2.45) is 5.92 Å². The quantitative estimate of drug-likeness (QED) is 0.595. The fraction of sp³-hybridized carbons (Fsp3) is 0.500. The Morgan fingerprint density at radius 3 is 2.57 bits per heavy atom. The van der Waals surface area contributed by atoms with Crippen LogP contribution in [-0.4, -0.2) is 46.3 Å². The van der Waals surface area contributed by atoms with Crippen LogP contribution in [0.3, 0.4) is 0 Å². The minimum absolute atomic E-state index is 0.0796. The molecule has 1 unspecified atom stereocenters. The zero-order valence-corrected chi connectivity index (χ0v) is 19.1. The second kappa shape index (κ2) is 9.84. The summed E-state index contributed by atoms with van der Waals surface area (Å²) in [5.41, 5.74) is 2.95. The number of aromatic nitrogens is 2. The molecule has 0 saturated carbocycles. The molecule has 162 valence electrons. The number of carbonyl (C=O) groups is 2. The molecular weight excluding hydrogens is 425 g/mol. The summed E-state index contributed by atoms with van der Waals surface area (Å²) in [5, 5.41) is 5.62. The van der Waals surface area contributed by atoms with Gasteiger partial charge in [0.25, 0.3) is 5.91 Å². The number of aryl methyl sites for hydroxylation is 1. The molecule has 6 nitrogen and oxygen atoms in total. The number of ether oxygens (including phenoxy) is 1. The SMILES string of the molecule is CCOC(=O)C1CCCN(C(=O)c2c(CC)nn(-c3ccc(Cl)c(Cl)c3)c2CC)C1. The van der Waals surface area contributed by atoms with E-state index in [0.29, 0.717) is 48.1 Å². The number of amides is 1. The lowest BCUT2D eigenvalue weighted by Crippen LogP contribution is -2.43. The van der Waals surface area contributed by atoms with Gasteiger partial charge in [-0.1, -0.05) is 37.0 Å². The number of hydrogen-bond donors (Lipinski definition) is 0. The summed E-state index contributed by atoms with van der Waals surface area (Å²) in [5.74, 6) is -0.583. The zero-order valence-electron chi connectivity index (χ0n) is 17.6. The number of carbonyl (C=O) groups excluding carboxylic acids is 2. The fourth-order valence-electron chi connectivity index (χ4n) is 3.93. The predicted octanol–water partition coefficient (Wildman–Crippen LogP) is 4.72. The van der Waals surface area contributed by atoms with E-state index < -0.39 is 0 Å². The molecule has 1 aliphatic heterocycles. The Hall–Kier alpha value is -2.05. The van der Waals surface area contributed by atoms with Gasteiger partial charge in [-0.15, -0.1) is 0 Å². The number of rotatable bonds is 6. The number of benzene rings is 1. The van der Waals surface area contributed by atoms with Crippen molar-refractivity contribution in [3.63, 3.8) is 0 Å². The van der Waals surface area contributed by atoms with Gasteiger partial charge in [-0.25, -0.2) is 4.68 Å². The molecular formula is C22H27Cl2N3O3. The van der Waals surface area contributed by atoms with Gasteiger partial charge in [0.05, 0.1) is 45.2 Å². The summed E-state index contributed by atoms with van der Waals surface area (Å²) in [7, 11) is 0. The normalized spacial score (nSPS) is 16.6. The second-order valence-electron chi connectivity index (χ2n) is 7.33. The van der Waals surface area contributed by atoms with Gasteiger partial charge in [0.1, 0.15) is 0 Å². The number of nitrogens with zero attached hydrogens (tertiary/aromatic N) is 3. The molecule has 1 aliphatic rings. The zero-order chi connectivity index (χ0) is 21.8. The fourth-order valence-corrected chi connectivity index (χ4v) is 4.22. The number of hydrogen-bond acceptors (Lipinski definition) is 4. The van der Waals surface area contributed by atoms with Gasteiger partial charge in [0.2, 0.25) is 0 Å². The minimum atomic E-state index is -0.275. The largest absolute Gasteiger partial charge is 0.466 e. The van der Waals surface area contributed by atoms with Gasteiger partial charge in [-0.2, -0.15) is 5.10 Å². The highest BCUT2D eigenvalue weighted by Gasteiger charge is 2.33. The molecule has 0 bridgehead atoms. The van der Waals surface area contributed by atoms with Crippen LogP contribution in [0.2, 0.25) is 10.0 Å². The molecule has 1 fully saturated rings. The van der Waals surface area contributed by atoms with E-state index in [1.807, 2.05) is 19.9 Å². The Morgan fingerprint density at radius 1 is 1.17 bits per heavy atom. The molecule has 0 aliphatic carbocycles. The first-order valence-electron chi connectivity index (χ1n) is 10.4. The smallest absolute Gasteiger partial charge is 0.310 e. The highest BCUT2D eigenvalue weighted by atomic mass is 35.5. The first kappa shape index (κ1) is 22.6. The maximum Gasteiger partial charge on any atom is 0.310 e. The Balaban J connectivity index is 1.96. The second-order valence-corrected chi connectivity index (χ2v) is 8.14. The summed E-state index contributed by atoms with van der Waals surface area (Å²) < 4.78 is 6.95. The maximum absolute atomic E-state index is 13.5. The van der Waals surface area contributed by atoms with Crippen molar-refractivity contribution in [3.8, 4) is 5.69 Å². The monoisotopic (exact) mass is 451 g/mol. The van der Waals surface area contributed by atoms with Crippen LogP contribution in [0.25, 0.3) is 5.69 Å². The first-order valence-corrected chi connectivity index (χ1v) is 11.2. The Kier molecular flexibility index (Phi) is 7.42. The summed E-state index contributed by atoms with van der Waals surface area (Å²) in [6, 6.07) is 5.31. The van der Waals surface area contributed by atoms with Gasteiger partial charge in [0.15, 0.2) is 0 Å². The van der Waals surface area contributed by atoms with Gasteiger partial charge >= 0.3 is 5.97 Å². The number of piperidine rings is 1. The van der Waals surface area contributed by atoms with Crippen LogP contribution in [-0.2, 0) is 22.4 Å². The van der Waals surface area contributed by atoms with Crippen LogP contribution < -0.4 is 0 Å². The lowest BCUT2D eigenvalue weighted by atomic mass is 9.97. The van der Waals surface area contributed by atoms with Crippen LogP contribution in [0.1, 0.15) is 55.4 Å². The van der Waals surface area contributed by atoms with Crippen LogP contribution in [0.4, 0.5) is 0 Å². The average Bonchev–Trinajstić information content (AvgIpc) is 3.14. The third-order valence-electron chi connectivity index (χ3n) is 5.41. The highest BCUT2D eigenvalue weighted by molar-refractivity contribution is 6.42. The standard InChI is InChI=1S/C22H27Cl2N3O3/c1-4-18-20(21(28)26-11-7-8-14(13-26)22(29)30-6-3)19(5-2)27(25-18)15-9-10-16(23)17(24)12-15/h9-10,12,14H,4-8,11,13H2,1-3H3. The Labute approximate surface area is 187 Å². The van der Waals surface area contributed by atoms with Gasteiger partial charge in [0, 0.05) is 13.1 Å². The Morgan fingerprint density at radius 2 is 1.93 bits per heavy atom. The maximum atomic E-state index is 13.5. The molecule has 1 amide bonds. The van der Waals surface area contributed by atoms with Crippen molar-refractivity contribution >= 4 is 35.1 Å². The van der Waals surface area contributed by atoms with Crippen molar-refractivity contribution in [1.29, 1.82) is 0 Å². The molecule has 3 rings (SSSR count). The molecule has 2 heterocycles. The van der Waals surface area contributed by atoms with Crippen molar-refractivity contribution in [3.05, 3.63) is 45.2 Å². The minimum Gasteiger partial charge on any atom is -0.466 e. The number of likely N-dealkylation sites (tertiary alicyclic amines) is 1. The predicted molar refractivity (Wildman–Crippen MR) is 118 cm³/mol. The van der Waals surface area contributed by atoms with Gasteiger partial charge in [-0.3, -0.25) is 9.59 Å². The van der Waals surface area contributed by atoms with E-state index in [0.717, 1.165) is 29.9 Å². The molecule has 0 N–H and O–H groups in total. The van der Waals surface area contributed by atoms with Crippen molar-refractivity contribution in [2.45, 2.75) is 46.5 Å².